The number of unbranched alkanes of at least 4 members (excludes halogenated alkanes) is 1. The topological polar surface area (TPSA) is 54.0 Å². The first kappa shape index (κ1) is 19.2. The van der Waals surface area contributed by atoms with E-state index in [2.05, 4.69) is 15.8 Å². The van der Waals surface area contributed by atoms with E-state index in [0.29, 0.717) is 6.42 Å². The Morgan fingerprint density at radius 1 is 1.07 bits per heavy atom. The number of para-hydroxylation sites is 1. The fourth-order valence-electron chi connectivity index (χ4n) is 2.57. The van der Waals surface area contributed by atoms with Gasteiger partial charge in [-0.2, -0.15) is 13.2 Å². The second kappa shape index (κ2) is 8.39. The molecule has 1 heterocycles. The molecular formula is C19H18F3N3OS. The van der Waals surface area contributed by atoms with Gasteiger partial charge in [-0.1, -0.05) is 18.2 Å². The van der Waals surface area contributed by atoms with Crippen LogP contribution >= 0.6 is 11.3 Å². The van der Waals surface area contributed by atoms with Crippen molar-refractivity contribution in [3.05, 3.63) is 59.1 Å². The van der Waals surface area contributed by atoms with Gasteiger partial charge in [-0.05, 0) is 49.6 Å². The van der Waals surface area contributed by atoms with Gasteiger partial charge >= 0.3 is 6.18 Å². The van der Waals surface area contributed by atoms with Crippen LogP contribution in [0.1, 0.15) is 29.8 Å². The molecule has 27 heavy (non-hydrogen) atoms. The summed E-state index contributed by atoms with van der Waals surface area (Å²) in [6.45, 7) is 0. The van der Waals surface area contributed by atoms with E-state index in [4.69, 9.17) is 0 Å². The van der Waals surface area contributed by atoms with Gasteiger partial charge in [-0.3, -0.25) is 15.6 Å². The molecule has 1 amide bonds. The molecule has 0 saturated carbocycles. The Morgan fingerprint density at radius 2 is 1.89 bits per heavy atom. The largest absolute Gasteiger partial charge is 0.416 e. The van der Waals surface area contributed by atoms with Crippen LogP contribution in [0.15, 0.2) is 48.5 Å². The highest BCUT2D eigenvalue weighted by Crippen LogP contribution is 2.30. The van der Waals surface area contributed by atoms with Crippen molar-refractivity contribution in [2.75, 3.05) is 5.43 Å². The maximum absolute atomic E-state index is 12.7. The summed E-state index contributed by atoms with van der Waals surface area (Å²) in [5, 5.41) is 1.04. The zero-order chi connectivity index (χ0) is 19.3. The van der Waals surface area contributed by atoms with E-state index < -0.39 is 11.7 Å². The number of alkyl halides is 3. The number of anilines is 1. The Kier molecular flexibility index (Phi) is 5.95. The maximum Gasteiger partial charge on any atom is 0.416 e. The normalized spacial score (nSPS) is 11.5. The van der Waals surface area contributed by atoms with Crippen molar-refractivity contribution < 1.29 is 18.0 Å². The lowest BCUT2D eigenvalue weighted by Crippen LogP contribution is -2.29. The van der Waals surface area contributed by atoms with Gasteiger partial charge < -0.3 is 0 Å². The van der Waals surface area contributed by atoms with E-state index in [1.54, 1.807) is 11.3 Å². The summed E-state index contributed by atoms with van der Waals surface area (Å²) in [7, 11) is 0. The standard InChI is InChI=1S/C19H18F3N3OS/c20-19(21,22)13-6-5-7-14(12-13)24-25-17(26)10-3-4-11-18-23-15-8-1-2-9-16(15)27-18/h1-2,5-9,12,24H,3-4,10-11H2,(H,25,26). The van der Waals surface area contributed by atoms with Crippen molar-refractivity contribution in [1.82, 2.24) is 10.4 Å². The van der Waals surface area contributed by atoms with Crippen molar-refractivity contribution in [2.24, 2.45) is 0 Å². The molecule has 0 bridgehead atoms. The Balaban J connectivity index is 1.40. The number of hydrogen-bond acceptors (Lipinski definition) is 4. The number of benzene rings is 2. The first-order chi connectivity index (χ1) is 12.9. The van der Waals surface area contributed by atoms with Gasteiger partial charge in [0.25, 0.3) is 0 Å². The third-order valence-corrected chi connectivity index (χ3v) is 5.01. The zero-order valence-corrected chi connectivity index (χ0v) is 15.2. The molecule has 1 aromatic heterocycles. The quantitative estimate of drug-likeness (QED) is 0.430. The van der Waals surface area contributed by atoms with Crippen molar-refractivity contribution in [3.8, 4) is 0 Å². The van der Waals surface area contributed by atoms with Crippen LogP contribution in [-0.4, -0.2) is 10.9 Å². The number of rotatable bonds is 7. The van der Waals surface area contributed by atoms with Crippen LogP contribution in [0.4, 0.5) is 18.9 Å². The maximum atomic E-state index is 12.7. The van der Waals surface area contributed by atoms with Gasteiger partial charge in [0, 0.05) is 6.42 Å². The Hall–Kier alpha value is -2.61. The number of nitrogens with zero attached hydrogens (tertiary/aromatic N) is 1. The van der Waals surface area contributed by atoms with Crippen LogP contribution in [0.3, 0.4) is 0 Å². The second-order valence-electron chi connectivity index (χ2n) is 6.03. The van der Waals surface area contributed by atoms with Crippen LogP contribution in [0.25, 0.3) is 10.2 Å². The Morgan fingerprint density at radius 3 is 2.67 bits per heavy atom. The number of carbonyl (C=O) groups is 1. The Bertz CT molecular complexity index is 891. The molecule has 0 aliphatic heterocycles. The van der Waals surface area contributed by atoms with Gasteiger partial charge in [0.15, 0.2) is 0 Å². The number of halogens is 3. The molecule has 0 aliphatic carbocycles. The minimum atomic E-state index is -4.41. The van der Waals surface area contributed by atoms with E-state index in [1.807, 2.05) is 24.3 Å². The first-order valence-corrected chi connectivity index (χ1v) is 9.30. The molecule has 142 valence electrons. The van der Waals surface area contributed by atoms with E-state index in [-0.39, 0.29) is 18.0 Å². The highest BCUT2D eigenvalue weighted by molar-refractivity contribution is 7.18. The van der Waals surface area contributed by atoms with Crippen molar-refractivity contribution in [3.63, 3.8) is 0 Å². The van der Waals surface area contributed by atoms with E-state index in [9.17, 15) is 18.0 Å². The Labute approximate surface area is 158 Å². The molecule has 0 radical (unpaired) electrons. The molecule has 8 heteroatoms. The highest BCUT2D eigenvalue weighted by atomic mass is 32.1. The average Bonchev–Trinajstić information content (AvgIpc) is 3.06. The van der Waals surface area contributed by atoms with Gasteiger partial charge in [0.2, 0.25) is 5.91 Å². The number of amides is 1. The van der Waals surface area contributed by atoms with Gasteiger partial charge in [0.1, 0.15) is 0 Å². The predicted octanol–water partition coefficient (Wildman–Crippen LogP) is 5.17. The fraction of sp³-hybridized carbons (Fsp3) is 0.263. The molecule has 0 saturated heterocycles. The minimum absolute atomic E-state index is 0.188. The lowest BCUT2D eigenvalue weighted by atomic mass is 10.2. The third-order valence-electron chi connectivity index (χ3n) is 3.92. The smallest absolute Gasteiger partial charge is 0.299 e. The van der Waals surface area contributed by atoms with Crippen molar-refractivity contribution in [2.45, 2.75) is 31.9 Å². The number of nitrogens with one attached hydrogen (secondary N) is 2. The summed E-state index contributed by atoms with van der Waals surface area (Å²) < 4.78 is 39.1. The summed E-state index contributed by atoms with van der Waals surface area (Å²) in [4.78, 5) is 16.4. The summed E-state index contributed by atoms with van der Waals surface area (Å²) in [5.74, 6) is -0.267. The summed E-state index contributed by atoms with van der Waals surface area (Å²) in [5.41, 5.74) is 5.36. The average molecular weight is 393 g/mol. The fourth-order valence-corrected chi connectivity index (χ4v) is 3.58. The zero-order valence-electron chi connectivity index (χ0n) is 14.3. The molecule has 4 nitrogen and oxygen atoms in total. The summed E-state index contributed by atoms with van der Waals surface area (Å²) in [6.07, 6.45) is -1.84. The van der Waals surface area contributed by atoms with Crippen LogP contribution in [0.2, 0.25) is 0 Å². The molecule has 0 aliphatic rings. The number of hydrogen-bond donors (Lipinski definition) is 2. The van der Waals surface area contributed by atoms with Crippen LogP contribution < -0.4 is 10.9 Å². The molecule has 3 aromatic rings. The molecular weight excluding hydrogens is 375 g/mol. The lowest BCUT2D eigenvalue weighted by Gasteiger charge is -2.11. The first-order valence-electron chi connectivity index (χ1n) is 8.48. The number of aryl methyl sites for hydroxylation is 1. The van der Waals surface area contributed by atoms with Crippen molar-refractivity contribution >= 4 is 33.1 Å². The number of aromatic nitrogens is 1. The van der Waals surface area contributed by atoms with Crippen molar-refractivity contribution in [1.29, 1.82) is 0 Å². The number of thiazole rings is 1. The molecule has 2 N–H and O–H groups in total. The number of hydrazine groups is 1. The van der Waals surface area contributed by atoms with Gasteiger partial charge in [0.05, 0.1) is 26.5 Å². The predicted molar refractivity (Wildman–Crippen MR) is 100 cm³/mol. The molecule has 0 atom stereocenters. The number of carbonyl (C=O) groups excluding carboxylic acids is 1. The molecule has 0 unspecified atom stereocenters. The summed E-state index contributed by atoms with van der Waals surface area (Å²) in [6, 6.07) is 12.6. The highest BCUT2D eigenvalue weighted by Gasteiger charge is 2.30. The van der Waals surface area contributed by atoms with Crippen LogP contribution in [0.5, 0.6) is 0 Å². The summed E-state index contributed by atoms with van der Waals surface area (Å²) >= 11 is 1.65. The molecule has 0 spiro atoms. The van der Waals surface area contributed by atoms with E-state index >= 15 is 0 Å². The minimum Gasteiger partial charge on any atom is -0.299 e. The second-order valence-corrected chi connectivity index (χ2v) is 7.15. The molecule has 2 aromatic carbocycles. The number of fused-ring (bicyclic) bond motifs is 1. The SMILES string of the molecule is O=C(CCCCc1nc2ccccc2s1)NNc1cccc(C(F)(F)F)c1. The van der Waals surface area contributed by atoms with Gasteiger partial charge in [-0.15, -0.1) is 11.3 Å². The molecule has 3 rings (SSSR count). The third kappa shape index (κ3) is 5.43. The lowest BCUT2D eigenvalue weighted by molar-refractivity contribution is -0.137. The van der Waals surface area contributed by atoms with Crippen LogP contribution in [-0.2, 0) is 17.4 Å². The van der Waals surface area contributed by atoms with Crippen LogP contribution in [0, 0.1) is 0 Å². The van der Waals surface area contributed by atoms with Gasteiger partial charge in [-0.25, -0.2) is 4.98 Å². The van der Waals surface area contributed by atoms with E-state index in [1.165, 1.54) is 12.1 Å². The monoisotopic (exact) mass is 393 g/mol. The molecule has 0 fully saturated rings. The van der Waals surface area contributed by atoms with E-state index in [0.717, 1.165) is 40.2 Å².